The second-order valence-corrected chi connectivity index (χ2v) is 5.72. The van der Waals surface area contributed by atoms with Crippen LogP contribution in [0, 0.1) is 0 Å². The summed E-state index contributed by atoms with van der Waals surface area (Å²) in [5, 5.41) is 1.04. The van der Waals surface area contributed by atoms with Crippen molar-refractivity contribution in [2.75, 3.05) is 13.4 Å². The third-order valence-electron chi connectivity index (χ3n) is 2.67. The summed E-state index contributed by atoms with van der Waals surface area (Å²) < 4.78 is 6.35. The van der Waals surface area contributed by atoms with Gasteiger partial charge in [-0.1, -0.05) is 11.8 Å². The van der Waals surface area contributed by atoms with Gasteiger partial charge in [0.05, 0.1) is 23.7 Å². The van der Waals surface area contributed by atoms with Crippen molar-refractivity contribution in [3.05, 3.63) is 24.7 Å². The molecule has 0 aliphatic rings. The Labute approximate surface area is 112 Å². The van der Waals surface area contributed by atoms with E-state index < -0.39 is 0 Å². The van der Waals surface area contributed by atoms with E-state index in [1.54, 1.807) is 36.4 Å². The quantitative estimate of drug-likeness (QED) is 0.745. The Morgan fingerprint density at radius 1 is 1.33 bits per heavy atom. The normalized spacial score (nSPS) is 11.0. The highest BCUT2D eigenvalue weighted by Crippen LogP contribution is 2.35. The Kier molecular flexibility index (Phi) is 2.97. The first-order chi connectivity index (χ1) is 8.83. The van der Waals surface area contributed by atoms with Gasteiger partial charge >= 0.3 is 0 Å². The first kappa shape index (κ1) is 11.6. The van der Waals surface area contributed by atoms with Crippen molar-refractivity contribution in [2.24, 2.45) is 0 Å². The summed E-state index contributed by atoms with van der Waals surface area (Å²) in [6.07, 6.45) is 7.54. The van der Waals surface area contributed by atoms with Crippen molar-refractivity contribution in [3.63, 3.8) is 0 Å². The second-order valence-electron chi connectivity index (χ2n) is 3.64. The number of aromatic amines is 1. The monoisotopic (exact) mass is 277 g/mol. The average molecular weight is 277 g/mol. The smallest absolute Gasteiger partial charge is 0.150 e. The maximum absolute atomic E-state index is 5.30. The lowest BCUT2D eigenvalue weighted by Gasteiger charge is -2.04. The van der Waals surface area contributed by atoms with Gasteiger partial charge < -0.3 is 9.72 Å². The van der Waals surface area contributed by atoms with Gasteiger partial charge in [-0.2, -0.15) is 0 Å². The predicted molar refractivity (Wildman–Crippen MR) is 75.5 cm³/mol. The van der Waals surface area contributed by atoms with Crippen LogP contribution < -0.4 is 4.74 Å². The molecule has 0 atom stereocenters. The number of fused-ring (bicyclic) bond motifs is 1. The molecule has 3 aromatic heterocycles. The van der Waals surface area contributed by atoms with Crippen molar-refractivity contribution >= 4 is 34.0 Å². The van der Waals surface area contributed by atoms with E-state index in [1.807, 2.05) is 24.7 Å². The van der Waals surface area contributed by atoms with Gasteiger partial charge in [0.15, 0.2) is 0 Å². The zero-order chi connectivity index (χ0) is 12.5. The lowest BCUT2D eigenvalue weighted by atomic mass is 10.2. The van der Waals surface area contributed by atoms with Crippen LogP contribution >= 0.6 is 23.1 Å². The van der Waals surface area contributed by atoms with Crippen LogP contribution in [0.4, 0.5) is 0 Å². The maximum Gasteiger partial charge on any atom is 0.150 e. The van der Waals surface area contributed by atoms with E-state index in [1.165, 1.54) is 0 Å². The van der Waals surface area contributed by atoms with Gasteiger partial charge in [0.1, 0.15) is 15.8 Å². The molecule has 3 aromatic rings. The highest BCUT2D eigenvalue weighted by molar-refractivity contribution is 8.00. The van der Waals surface area contributed by atoms with E-state index >= 15 is 0 Å². The number of hydrogen-bond donors (Lipinski definition) is 1. The molecule has 3 heterocycles. The number of hydrogen-bond acceptors (Lipinski definition) is 5. The van der Waals surface area contributed by atoms with Gasteiger partial charge in [-0.05, 0) is 12.3 Å². The molecule has 0 aromatic carbocycles. The first-order valence-electron chi connectivity index (χ1n) is 5.33. The van der Waals surface area contributed by atoms with E-state index in [0.29, 0.717) is 0 Å². The molecule has 3 rings (SSSR count). The zero-order valence-electron chi connectivity index (χ0n) is 9.93. The number of thiazole rings is 1. The zero-order valence-corrected chi connectivity index (χ0v) is 11.6. The van der Waals surface area contributed by atoms with Gasteiger partial charge in [0.2, 0.25) is 0 Å². The summed E-state index contributed by atoms with van der Waals surface area (Å²) >= 11 is 3.29. The number of aromatic nitrogens is 3. The minimum absolute atomic E-state index is 0.782. The SMILES string of the molecule is COc1cnc(-c2cnc(SC)s2)c2[nH]ccc12. The molecule has 0 saturated carbocycles. The van der Waals surface area contributed by atoms with Crippen LogP contribution in [-0.4, -0.2) is 28.3 Å². The lowest BCUT2D eigenvalue weighted by Crippen LogP contribution is -1.88. The van der Waals surface area contributed by atoms with Crippen molar-refractivity contribution in [1.82, 2.24) is 15.0 Å². The number of H-pyrrole nitrogens is 1. The Morgan fingerprint density at radius 3 is 2.94 bits per heavy atom. The summed E-state index contributed by atoms with van der Waals surface area (Å²) in [7, 11) is 1.65. The Morgan fingerprint density at radius 2 is 2.22 bits per heavy atom. The van der Waals surface area contributed by atoms with Crippen LogP contribution in [0.25, 0.3) is 21.5 Å². The molecule has 4 nitrogen and oxygen atoms in total. The topological polar surface area (TPSA) is 50.8 Å². The summed E-state index contributed by atoms with van der Waals surface area (Å²) in [4.78, 5) is 13.1. The molecule has 0 unspecified atom stereocenters. The highest BCUT2D eigenvalue weighted by Gasteiger charge is 2.13. The molecule has 0 aliphatic heterocycles. The Balaban J connectivity index is 2.20. The maximum atomic E-state index is 5.30. The van der Waals surface area contributed by atoms with Gasteiger partial charge in [-0.25, -0.2) is 9.97 Å². The molecule has 1 N–H and O–H groups in total. The number of thioether (sulfide) groups is 1. The minimum atomic E-state index is 0.782. The van der Waals surface area contributed by atoms with Crippen molar-refractivity contribution in [2.45, 2.75) is 4.34 Å². The van der Waals surface area contributed by atoms with Gasteiger partial charge in [-0.3, -0.25) is 0 Å². The van der Waals surface area contributed by atoms with Crippen LogP contribution in [0.3, 0.4) is 0 Å². The molecule has 0 spiro atoms. The van der Waals surface area contributed by atoms with Crippen LogP contribution in [0.1, 0.15) is 0 Å². The molecule has 0 amide bonds. The fraction of sp³-hybridized carbons (Fsp3) is 0.167. The number of nitrogens with one attached hydrogen (secondary N) is 1. The standard InChI is InChI=1S/C12H11N3OS2/c1-16-8-5-14-11(10-7(8)3-4-13-10)9-6-15-12(17-2)18-9/h3-6,13H,1-2H3. The molecule has 92 valence electrons. The Bertz CT molecular complexity index is 690. The molecule has 0 fully saturated rings. The number of pyridine rings is 1. The van der Waals surface area contributed by atoms with Gasteiger partial charge in [0, 0.05) is 17.8 Å². The van der Waals surface area contributed by atoms with E-state index in [2.05, 4.69) is 15.0 Å². The van der Waals surface area contributed by atoms with Crippen molar-refractivity contribution in [1.29, 1.82) is 0 Å². The van der Waals surface area contributed by atoms with E-state index in [9.17, 15) is 0 Å². The lowest BCUT2D eigenvalue weighted by molar-refractivity contribution is 0.418. The minimum Gasteiger partial charge on any atom is -0.494 e. The highest BCUT2D eigenvalue weighted by atomic mass is 32.2. The molecule has 18 heavy (non-hydrogen) atoms. The summed E-state index contributed by atoms with van der Waals surface area (Å²) in [6.45, 7) is 0. The third-order valence-corrected chi connectivity index (χ3v) is 4.68. The van der Waals surface area contributed by atoms with Gasteiger partial charge in [-0.15, -0.1) is 11.3 Å². The predicted octanol–water partition coefficient (Wildman–Crippen LogP) is 3.42. The first-order valence-corrected chi connectivity index (χ1v) is 7.38. The fourth-order valence-electron chi connectivity index (χ4n) is 1.84. The molecule has 0 bridgehead atoms. The molecule has 0 aliphatic carbocycles. The largest absolute Gasteiger partial charge is 0.494 e. The van der Waals surface area contributed by atoms with E-state index in [-0.39, 0.29) is 0 Å². The molecule has 6 heteroatoms. The summed E-state index contributed by atoms with van der Waals surface area (Å²) in [5.74, 6) is 0.782. The average Bonchev–Trinajstić information content (AvgIpc) is 3.06. The second kappa shape index (κ2) is 4.62. The number of rotatable bonds is 3. The third kappa shape index (κ3) is 1.77. The van der Waals surface area contributed by atoms with Crippen molar-refractivity contribution in [3.8, 4) is 16.3 Å². The van der Waals surface area contributed by atoms with Crippen LogP contribution in [0.2, 0.25) is 0 Å². The number of nitrogens with zero attached hydrogens (tertiary/aromatic N) is 2. The van der Waals surface area contributed by atoms with Gasteiger partial charge in [0.25, 0.3) is 0 Å². The molecule has 0 radical (unpaired) electrons. The number of ether oxygens (including phenoxy) is 1. The van der Waals surface area contributed by atoms with E-state index in [4.69, 9.17) is 4.74 Å². The van der Waals surface area contributed by atoms with Crippen LogP contribution in [-0.2, 0) is 0 Å². The Hall–Kier alpha value is -1.53. The number of methoxy groups -OCH3 is 1. The molecular weight excluding hydrogens is 266 g/mol. The fourth-order valence-corrected chi connectivity index (χ4v) is 3.25. The van der Waals surface area contributed by atoms with Crippen LogP contribution in [0.5, 0.6) is 5.75 Å². The molecule has 0 saturated heterocycles. The van der Waals surface area contributed by atoms with Crippen molar-refractivity contribution < 1.29 is 4.74 Å². The van der Waals surface area contributed by atoms with Crippen LogP contribution in [0.15, 0.2) is 29.0 Å². The van der Waals surface area contributed by atoms with E-state index in [0.717, 1.165) is 31.6 Å². The summed E-state index contributed by atoms with van der Waals surface area (Å²) in [5.41, 5.74) is 1.92. The summed E-state index contributed by atoms with van der Waals surface area (Å²) in [6, 6.07) is 2.00. The molecular formula is C12H11N3OS2.